The average Bonchev–Trinajstić information content (AvgIpc) is 3.46. The third-order valence-corrected chi connectivity index (χ3v) is 9.78. The van der Waals surface area contributed by atoms with Gasteiger partial charge in [-0.3, -0.25) is 4.79 Å². The largest absolute Gasteiger partial charge is 0.476 e. The number of aryl methyl sites for hydroxylation is 2. The van der Waals surface area contributed by atoms with Gasteiger partial charge in [0.15, 0.2) is 5.69 Å². The Balaban J connectivity index is 1.23. The highest BCUT2D eigenvalue weighted by Crippen LogP contribution is 2.55. The second-order valence-corrected chi connectivity index (χ2v) is 13.8. The number of benzene rings is 1. The number of carbonyl (C=O) groups is 3. The molecular weight excluding hydrogens is 546 g/mol. The number of amides is 3. The van der Waals surface area contributed by atoms with Gasteiger partial charge in [0.05, 0.1) is 0 Å². The van der Waals surface area contributed by atoms with E-state index in [4.69, 9.17) is 4.42 Å². The maximum atomic E-state index is 13.9. The Bertz CT molecular complexity index is 1500. The summed E-state index contributed by atoms with van der Waals surface area (Å²) in [5.74, 6) is 0.970. The predicted molar refractivity (Wildman–Crippen MR) is 162 cm³/mol. The minimum Gasteiger partial charge on any atom is -0.476 e. The van der Waals surface area contributed by atoms with E-state index in [2.05, 4.69) is 20.9 Å². The van der Waals surface area contributed by atoms with Gasteiger partial charge in [-0.05, 0) is 87.2 Å². The Labute approximate surface area is 252 Å². The summed E-state index contributed by atoms with van der Waals surface area (Å²) < 4.78 is 7.84. The van der Waals surface area contributed by atoms with Crippen molar-refractivity contribution in [1.29, 1.82) is 0 Å². The monoisotopic (exact) mass is 589 g/mol. The Kier molecular flexibility index (Phi) is 7.73. The summed E-state index contributed by atoms with van der Waals surface area (Å²) in [4.78, 5) is 43.4. The smallest absolute Gasteiger partial charge is 0.358 e. The van der Waals surface area contributed by atoms with Crippen LogP contribution in [0.2, 0.25) is 0 Å². The summed E-state index contributed by atoms with van der Waals surface area (Å²) in [6, 6.07) is 6.15. The molecule has 0 saturated heterocycles. The van der Waals surface area contributed by atoms with Crippen LogP contribution in [0.5, 0.6) is 0 Å². The number of nitrogens with zero attached hydrogens (tertiary/aromatic N) is 2. The van der Waals surface area contributed by atoms with E-state index in [1.54, 1.807) is 6.92 Å². The van der Waals surface area contributed by atoms with Crippen molar-refractivity contribution in [1.82, 2.24) is 25.5 Å². The fourth-order valence-corrected chi connectivity index (χ4v) is 8.45. The summed E-state index contributed by atoms with van der Waals surface area (Å²) in [5.41, 5.74) is 1.65. The van der Waals surface area contributed by atoms with Crippen molar-refractivity contribution in [3.05, 3.63) is 53.4 Å². The van der Waals surface area contributed by atoms with E-state index < -0.39 is 18.1 Å². The van der Waals surface area contributed by atoms with E-state index in [1.165, 1.54) is 19.3 Å². The molecule has 0 aliphatic heterocycles. The van der Waals surface area contributed by atoms with E-state index in [9.17, 15) is 19.5 Å². The fourth-order valence-electron chi connectivity index (χ4n) is 8.45. The molecule has 7 rings (SSSR count). The number of oxazole rings is 1. The van der Waals surface area contributed by atoms with Crippen LogP contribution in [0, 0.1) is 30.6 Å². The first-order chi connectivity index (χ1) is 20.5. The van der Waals surface area contributed by atoms with Crippen molar-refractivity contribution < 1.29 is 23.9 Å². The van der Waals surface area contributed by atoms with Gasteiger partial charge >= 0.3 is 12.0 Å². The number of urea groups is 1. The molecule has 4 aliphatic carbocycles. The molecular formula is C33H43N5O5. The molecule has 4 bridgehead atoms. The SMILES string of the molecule is Cc1oc([C@@H](Cc2cn(C)c3ccccc23)NC(=O)C(CC(C)C)NC(=O)NC23CC4CC(CC(C4)C2)C3)nc1C(=O)O. The van der Waals surface area contributed by atoms with Gasteiger partial charge in [-0.25, -0.2) is 14.6 Å². The van der Waals surface area contributed by atoms with Crippen LogP contribution in [-0.2, 0) is 18.3 Å². The number of aromatic nitrogens is 2. The van der Waals surface area contributed by atoms with Gasteiger partial charge < -0.3 is 30.0 Å². The molecule has 10 nitrogen and oxygen atoms in total. The van der Waals surface area contributed by atoms with Crippen LogP contribution >= 0.6 is 0 Å². The lowest BCUT2D eigenvalue weighted by molar-refractivity contribution is -0.124. The zero-order valence-electron chi connectivity index (χ0n) is 25.5. The highest BCUT2D eigenvalue weighted by Gasteiger charge is 2.51. The van der Waals surface area contributed by atoms with Gasteiger partial charge in [0.1, 0.15) is 17.8 Å². The first-order valence-corrected chi connectivity index (χ1v) is 15.6. The normalized spacial score (nSPS) is 25.6. The van der Waals surface area contributed by atoms with E-state index in [0.29, 0.717) is 30.6 Å². The fraction of sp³-hybridized carbons (Fsp3) is 0.576. The first kappa shape index (κ1) is 29.3. The number of carboxylic acid groups (broad SMARTS) is 1. The lowest BCUT2D eigenvalue weighted by Crippen LogP contribution is -2.63. The van der Waals surface area contributed by atoms with Crippen LogP contribution < -0.4 is 16.0 Å². The van der Waals surface area contributed by atoms with Gasteiger partial charge in [-0.15, -0.1) is 0 Å². The van der Waals surface area contributed by atoms with Gasteiger partial charge in [-0.2, -0.15) is 0 Å². The standard InChI is InChI=1S/C33H43N5O5/c1-18(2)9-25(35-32(42)37-33-14-20-10-21(15-33)12-22(11-20)16-33)29(39)34-26(30-36-28(31(40)41)19(3)43-30)13-23-17-38(4)27-8-6-5-7-24(23)27/h5-8,17-18,20-22,25-26H,9-16H2,1-4H3,(H,34,39)(H,40,41)(H2,35,37,42)/t20?,21?,22?,25?,26-,33?/m1/s1. The Hall–Kier alpha value is -3.82. The Morgan fingerprint density at radius 1 is 1.07 bits per heavy atom. The lowest BCUT2D eigenvalue weighted by atomic mass is 9.53. The molecule has 2 heterocycles. The zero-order valence-corrected chi connectivity index (χ0v) is 25.5. The van der Waals surface area contributed by atoms with Crippen LogP contribution in [0.1, 0.15) is 92.5 Å². The average molecular weight is 590 g/mol. The molecule has 0 radical (unpaired) electrons. The molecule has 3 aromatic rings. The van der Waals surface area contributed by atoms with E-state index in [0.717, 1.165) is 35.7 Å². The molecule has 230 valence electrons. The number of carbonyl (C=O) groups excluding carboxylic acids is 2. The summed E-state index contributed by atoms with van der Waals surface area (Å²) in [6.07, 6.45) is 9.70. The summed E-state index contributed by atoms with van der Waals surface area (Å²) in [6.45, 7) is 5.58. The number of aromatic carboxylic acids is 1. The van der Waals surface area contributed by atoms with Crippen LogP contribution in [0.3, 0.4) is 0 Å². The van der Waals surface area contributed by atoms with E-state index in [1.807, 2.05) is 55.9 Å². The summed E-state index contributed by atoms with van der Waals surface area (Å²) in [5, 5.41) is 20.0. The molecule has 4 fully saturated rings. The third kappa shape index (κ3) is 6.01. The highest BCUT2D eigenvalue weighted by atomic mass is 16.4. The summed E-state index contributed by atoms with van der Waals surface area (Å²) >= 11 is 0. The maximum absolute atomic E-state index is 13.9. The molecule has 3 amide bonds. The maximum Gasteiger partial charge on any atom is 0.358 e. The van der Waals surface area contributed by atoms with Crippen LogP contribution in [0.25, 0.3) is 10.9 Å². The molecule has 43 heavy (non-hydrogen) atoms. The highest BCUT2D eigenvalue weighted by molar-refractivity contribution is 5.88. The van der Waals surface area contributed by atoms with E-state index >= 15 is 0 Å². The van der Waals surface area contributed by atoms with Gasteiger partial charge in [0.2, 0.25) is 11.8 Å². The van der Waals surface area contributed by atoms with Gasteiger partial charge in [-0.1, -0.05) is 32.0 Å². The van der Waals surface area contributed by atoms with Crippen molar-refractivity contribution >= 4 is 28.8 Å². The van der Waals surface area contributed by atoms with Gasteiger partial charge in [0, 0.05) is 36.1 Å². The zero-order chi connectivity index (χ0) is 30.5. The van der Waals surface area contributed by atoms with Crippen molar-refractivity contribution in [2.75, 3.05) is 0 Å². The van der Waals surface area contributed by atoms with E-state index in [-0.39, 0.29) is 40.7 Å². The number of hydrogen-bond donors (Lipinski definition) is 4. The Morgan fingerprint density at radius 3 is 2.33 bits per heavy atom. The van der Waals surface area contributed by atoms with Gasteiger partial charge in [0.25, 0.3) is 0 Å². The number of rotatable bonds is 10. The minimum atomic E-state index is -1.19. The molecule has 1 aromatic carbocycles. The second kappa shape index (κ2) is 11.4. The second-order valence-electron chi connectivity index (χ2n) is 13.8. The molecule has 4 aliphatic rings. The number of para-hydroxylation sites is 1. The van der Waals surface area contributed by atoms with Crippen LogP contribution in [0.15, 0.2) is 34.9 Å². The Morgan fingerprint density at radius 2 is 1.72 bits per heavy atom. The number of hydrogen-bond acceptors (Lipinski definition) is 5. The van der Waals surface area contributed by atoms with Crippen molar-refractivity contribution in [2.24, 2.45) is 30.7 Å². The van der Waals surface area contributed by atoms with Crippen molar-refractivity contribution in [3.63, 3.8) is 0 Å². The van der Waals surface area contributed by atoms with Crippen LogP contribution in [-0.4, -0.2) is 44.1 Å². The summed E-state index contributed by atoms with van der Waals surface area (Å²) in [7, 11) is 1.96. The molecule has 4 saturated carbocycles. The molecule has 1 unspecified atom stereocenters. The lowest BCUT2D eigenvalue weighted by Gasteiger charge is -2.56. The number of carboxylic acids is 1. The molecule has 2 atom stereocenters. The predicted octanol–water partition coefficient (Wildman–Crippen LogP) is 5.26. The van der Waals surface area contributed by atoms with Crippen molar-refractivity contribution in [2.45, 2.75) is 89.8 Å². The third-order valence-electron chi connectivity index (χ3n) is 9.78. The van der Waals surface area contributed by atoms with Crippen molar-refractivity contribution in [3.8, 4) is 0 Å². The number of fused-ring (bicyclic) bond motifs is 1. The molecule has 4 N–H and O–H groups in total. The first-order valence-electron chi connectivity index (χ1n) is 15.6. The molecule has 10 heteroatoms. The molecule has 2 aromatic heterocycles. The minimum absolute atomic E-state index is 0.123. The molecule has 0 spiro atoms. The number of nitrogens with one attached hydrogen (secondary N) is 3. The van der Waals surface area contributed by atoms with Crippen LogP contribution in [0.4, 0.5) is 4.79 Å². The topological polar surface area (TPSA) is 138 Å². The quantitative estimate of drug-likeness (QED) is 0.255.